The minimum absolute atomic E-state index is 0.0374. The standard InChI is InChI=1S/C16H16N6O4/c23-12-7-13(21(8-12)9-14-17-4-5-18-14)16-19-15(20-26-16)10-2-1-3-11(6-10)22(24)25/h1-6,12-13,23H,7-9H2,(H,17,18)/t12-,13+/m1/s1. The molecule has 1 fully saturated rings. The molecule has 2 aromatic heterocycles. The molecule has 26 heavy (non-hydrogen) atoms. The predicted octanol–water partition coefficient (Wildman–Crippen LogP) is 1.68. The number of likely N-dealkylation sites (tertiary alicyclic amines) is 1. The number of aliphatic hydroxyl groups is 1. The topological polar surface area (TPSA) is 134 Å². The van der Waals surface area contributed by atoms with Crippen LogP contribution in [0.1, 0.15) is 24.2 Å². The molecule has 0 bridgehead atoms. The first-order valence-electron chi connectivity index (χ1n) is 8.09. The summed E-state index contributed by atoms with van der Waals surface area (Å²) in [6.07, 6.45) is 3.38. The van der Waals surface area contributed by atoms with Gasteiger partial charge >= 0.3 is 0 Å². The predicted molar refractivity (Wildman–Crippen MR) is 88.8 cm³/mol. The van der Waals surface area contributed by atoms with Gasteiger partial charge in [0.25, 0.3) is 5.69 Å². The van der Waals surface area contributed by atoms with Crippen molar-refractivity contribution in [2.75, 3.05) is 6.54 Å². The molecule has 2 N–H and O–H groups in total. The van der Waals surface area contributed by atoms with Crippen molar-refractivity contribution in [2.45, 2.75) is 25.1 Å². The number of β-amino-alcohol motifs (C(OH)–C–C–N with tert-alkyl or cyclic N) is 1. The monoisotopic (exact) mass is 356 g/mol. The van der Waals surface area contributed by atoms with Crippen molar-refractivity contribution >= 4 is 5.69 Å². The Morgan fingerprint density at radius 3 is 3.12 bits per heavy atom. The SMILES string of the molecule is O=[N+]([O-])c1cccc(-c2noc([C@@H]3C[C@@H](O)CN3Cc3ncc[nH]3)n2)c1. The Bertz CT molecular complexity index is 909. The lowest BCUT2D eigenvalue weighted by Crippen LogP contribution is -2.25. The molecule has 10 nitrogen and oxygen atoms in total. The fraction of sp³-hybridized carbons (Fsp3) is 0.312. The highest BCUT2D eigenvalue weighted by Crippen LogP contribution is 2.33. The maximum atomic E-state index is 10.9. The average molecular weight is 356 g/mol. The van der Waals surface area contributed by atoms with E-state index in [1.54, 1.807) is 24.5 Å². The third-order valence-electron chi connectivity index (χ3n) is 4.33. The highest BCUT2D eigenvalue weighted by Gasteiger charge is 2.36. The summed E-state index contributed by atoms with van der Waals surface area (Å²) in [5.74, 6) is 1.43. The van der Waals surface area contributed by atoms with E-state index in [4.69, 9.17) is 4.52 Å². The second-order valence-corrected chi connectivity index (χ2v) is 6.13. The minimum atomic E-state index is -0.497. The number of non-ortho nitro benzene ring substituents is 1. The van der Waals surface area contributed by atoms with Crippen LogP contribution < -0.4 is 0 Å². The van der Waals surface area contributed by atoms with E-state index in [0.29, 0.717) is 31.0 Å². The van der Waals surface area contributed by atoms with E-state index in [0.717, 1.165) is 5.82 Å². The summed E-state index contributed by atoms with van der Waals surface area (Å²) < 4.78 is 5.39. The number of rotatable bonds is 5. The summed E-state index contributed by atoms with van der Waals surface area (Å²) in [6.45, 7) is 0.989. The molecule has 1 aliphatic rings. The van der Waals surface area contributed by atoms with Crippen LogP contribution in [0.25, 0.3) is 11.4 Å². The smallest absolute Gasteiger partial charge is 0.270 e. The first-order chi connectivity index (χ1) is 12.6. The van der Waals surface area contributed by atoms with Gasteiger partial charge in [0, 0.05) is 36.6 Å². The number of benzene rings is 1. The lowest BCUT2D eigenvalue weighted by Gasteiger charge is -2.19. The first kappa shape index (κ1) is 16.4. The number of aliphatic hydroxyl groups excluding tert-OH is 1. The van der Waals surface area contributed by atoms with Crippen LogP contribution >= 0.6 is 0 Å². The van der Waals surface area contributed by atoms with Gasteiger partial charge in [-0.1, -0.05) is 17.3 Å². The number of nitro groups is 1. The van der Waals surface area contributed by atoms with Gasteiger partial charge in [-0.15, -0.1) is 0 Å². The molecule has 2 atom stereocenters. The maximum Gasteiger partial charge on any atom is 0.270 e. The number of H-pyrrole nitrogens is 1. The Hall–Kier alpha value is -3.11. The van der Waals surface area contributed by atoms with Gasteiger partial charge in [-0.05, 0) is 6.42 Å². The fourth-order valence-corrected chi connectivity index (χ4v) is 3.13. The molecule has 0 saturated carbocycles. The van der Waals surface area contributed by atoms with Gasteiger partial charge < -0.3 is 14.6 Å². The van der Waals surface area contributed by atoms with Gasteiger partial charge in [0.05, 0.1) is 23.6 Å². The zero-order valence-electron chi connectivity index (χ0n) is 13.6. The molecule has 0 spiro atoms. The summed E-state index contributed by atoms with van der Waals surface area (Å²) >= 11 is 0. The van der Waals surface area contributed by atoms with Crippen LogP contribution in [0.5, 0.6) is 0 Å². The third kappa shape index (κ3) is 3.19. The molecule has 0 aliphatic carbocycles. The highest BCUT2D eigenvalue weighted by atomic mass is 16.6. The van der Waals surface area contributed by atoms with Crippen LogP contribution in [0.4, 0.5) is 5.69 Å². The van der Waals surface area contributed by atoms with E-state index < -0.39 is 11.0 Å². The molecule has 1 aliphatic heterocycles. The molecule has 1 aromatic carbocycles. The lowest BCUT2D eigenvalue weighted by molar-refractivity contribution is -0.384. The summed E-state index contributed by atoms with van der Waals surface area (Å²) in [5, 5.41) is 24.9. The number of imidazole rings is 1. The van der Waals surface area contributed by atoms with Crippen LogP contribution in [0.2, 0.25) is 0 Å². The van der Waals surface area contributed by atoms with Gasteiger partial charge in [0.1, 0.15) is 5.82 Å². The van der Waals surface area contributed by atoms with Gasteiger partial charge in [-0.3, -0.25) is 15.0 Å². The van der Waals surface area contributed by atoms with Crippen LogP contribution in [-0.2, 0) is 6.54 Å². The zero-order chi connectivity index (χ0) is 18.1. The second kappa shape index (κ2) is 6.65. The normalized spacial score (nSPS) is 20.5. The molecular weight excluding hydrogens is 340 g/mol. The van der Waals surface area contributed by atoms with E-state index in [1.807, 2.05) is 4.90 Å². The number of aromatic nitrogens is 4. The Morgan fingerprint density at radius 1 is 1.46 bits per heavy atom. The number of hydrogen-bond acceptors (Lipinski definition) is 8. The fourth-order valence-electron chi connectivity index (χ4n) is 3.13. The van der Waals surface area contributed by atoms with Crippen molar-refractivity contribution in [1.82, 2.24) is 25.0 Å². The Morgan fingerprint density at radius 2 is 2.35 bits per heavy atom. The van der Waals surface area contributed by atoms with E-state index in [1.165, 1.54) is 12.1 Å². The number of nitro benzene ring substituents is 1. The van der Waals surface area contributed by atoms with Gasteiger partial charge in [0.2, 0.25) is 11.7 Å². The first-order valence-corrected chi connectivity index (χ1v) is 8.09. The van der Waals surface area contributed by atoms with E-state index >= 15 is 0 Å². The molecule has 3 aromatic rings. The summed E-state index contributed by atoms with van der Waals surface area (Å²) in [5.41, 5.74) is 0.468. The number of aromatic amines is 1. The largest absolute Gasteiger partial charge is 0.392 e. The molecule has 1 saturated heterocycles. The number of nitrogens with one attached hydrogen (secondary N) is 1. The van der Waals surface area contributed by atoms with Crippen molar-refractivity contribution in [3.05, 3.63) is 58.5 Å². The van der Waals surface area contributed by atoms with E-state index in [2.05, 4.69) is 20.1 Å². The van der Waals surface area contributed by atoms with Gasteiger partial charge in [0.15, 0.2) is 0 Å². The highest BCUT2D eigenvalue weighted by molar-refractivity contribution is 5.58. The van der Waals surface area contributed by atoms with E-state index in [9.17, 15) is 15.2 Å². The summed E-state index contributed by atoms with van der Waals surface area (Å²) in [6, 6.07) is 5.83. The maximum absolute atomic E-state index is 10.9. The Labute approximate surface area is 147 Å². The van der Waals surface area contributed by atoms with Gasteiger partial charge in [-0.25, -0.2) is 4.98 Å². The molecular formula is C16H16N6O4. The molecule has 10 heteroatoms. The van der Waals surface area contributed by atoms with Crippen molar-refractivity contribution < 1.29 is 14.6 Å². The van der Waals surface area contributed by atoms with Crippen molar-refractivity contribution in [3.8, 4) is 11.4 Å². The van der Waals surface area contributed by atoms with Crippen molar-refractivity contribution in [3.63, 3.8) is 0 Å². The van der Waals surface area contributed by atoms with Crippen LogP contribution in [-0.4, -0.2) is 47.7 Å². The lowest BCUT2D eigenvalue weighted by atomic mass is 10.2. The minimum Gasteiger partial charge on any atom is -0.392 e. The molecule has 134 valence electrons. The van der Waals surface area contributed by atoms with Crippen LogP contribution in [0.3, 0.4) is 0 Å². The molecule has 0 unspecified atom stereocenters. The van der Waals surface area contributed by atoms with Crippen molar-refractivity contribution in [2.24, 2.45) is 0 Å². The summed E-state index contributed by atoms with van der Waals surface area (Å²) in [7, 11) is 0. The van der Waals surface area contributed by atoms with E-state index in [-0.39, 0.29) is 17.6 Å². The average Bonchev–Trinajstić information content (AvgIpc) is 3.36. The molecule has 3 heterocycles. The number of hydrogen-bond donors (Lipinski definition) is 2. The summed E-state index contributed by atoms with van der Waals surface area (Å²) in [4.78, 5) is 24.1. The van der Waals surface area contributed by atoms with Crippen LogP contribution in [0, 0.1) is 10.1 Å². The molecule has 0 amide bonds. The van der Waals surface area contributed by atoms with Crippen LogP contribution in [0.15, 0.2) is 41.2 Å². The van der Waals surface area contributed by atoms with Crippen molar-refractivity contribution in [1.29, 1.82) is 0 Å². The zero-order valence-corrected chi connectivity index (χ0v) is 13.6. The second-order valence-electron chi connectivity index (χ2n) is 6.13. The quantitative estimate of drug-likeness (QED) is 0.521. The molecule has 4 rings (SSSR count). The third-order valence-corrected chi connectivity index (χ3v) is 4.33. The van der Waals surface area contributed by atoms with Gasteiger partial charge in [-0.2, -0.15) is 4.98 Å². The number of nitrogens with zero attached hydrogens (tertiary/aromatic N) is 5. The Balaban J connectivity index is 1.58. The molecule has 0 radical (unpaired) electrons. The Kier molecular flexibility index (Phi) is 4.19.